The molecule has 0 radical (unpaired) electrons. The molecule has 2 aromatic carbocycles. The first-order chi connectivity index (χ1) is 16.9. The van der Waals surface area contributed by atoms with Gasteiger partial charge in [0, 0.05) is 32.6 Å². The average Bonchev–Trinajstić information content (AvgIpc) is 3.20. The molecule has 0 unspecified atom stereocenters. The van der Waals surface area contributed by atoms with E-state index in [1.165, 1.54) is 27.8 Å². The minimum absolute atomic E-state index is 0.0599. The van der Waals surface area contributed by atoms with Crippen LogP contribution in [0.25, 0.3) is 10.2 Å². The Balaban J connectivity index is 1.41. The van der Waals surface area contributed by atoms with E-state index in [0.29, 0.717) is 6.61 Å². The standard InChI is InChI=1S/C26H24BrN3O2S3/c1-26(2)12-19-20(13-32-26)35-24-22(19)23(29-25(30-24)34-14-16-6-4-3-5-7-16)33-15-21(31)28-18-10-8-17(27)9-11-18/h3-11H,12-15H2,1-2H3,(H,28,31). The molecule has 0 spiro atoms. The van der Waals surface area contributed by atoms with Crippen molar-refractivity contribution in [3.05, 3.63) is 75.1 Å². The summed E-state index contributed by atoms with van der Waals surface area (Å²) in [7, 11) is 0. The van der Waals surface area contributed by atoms with Crippen LogP contribution in [0.5, 0.6) is 0 Å². The number of nitrogens with one attached hydrogen (secondary N) is 1. The van der Waals surface area contributed by atoms with Gasteiger partial charge in [0.1, 0.15) is 9.86 Å². The van der Waals surface area contributed by atoms with Crippen molar-refractivity contribution in [3.63, 3.8) is 0 Å². The predicted molar refractivity (Wildman–Crippen MR) is 149 cm³/mol. The van der Waals surface area contributed by atoms with Gasteiger partial charge in [-0.05, 0) is 49.2 Å². The molecule has 5 nitrogen and oxygen atoms in total. The number of carbonyl (C=O) groups is 1. The summed E-state index contributed by atoms with van der Waals surface area (Å²) in [5.41, 5.74) is 3.03. The number of halogens is 1. The van der Waals surface area contributed by atoms with Crippen LogP contribution in [0.15, 0.2) is 69.3 Å². The number of thioether (sulfide) groups is 2. The zero-order chi connectivity index (χ0) is 24.4. The van der Waals surface area contributed by atoms with Crippen LogP contribution in [0.4, 0.5) is 5.69 Å². The van der Waals surface area contributed by atoms with Crippen LogP contribution in [-0.4, -0.2) is 27.2 Å². The second-order valence-electron chi connectivity index (χ2n) is 8.84. The largest absolute Gasteiger partial charge is 0.370 e. The van der Waals surface area contributed by atoms with Crippen molar-refractivity contribution >= 4 is 72.6 Å². The summed E-state index contributed by atoms with van der Waals surface area (Å²) in [6, 6.07) is 17.9. The van der Waals surface area contributed by atoms with E-state index in [2.05, 4.69) is 47.2 Å². The summed E-state index contributed by atoms with van der Waals surface area (Å²) in [4.78, 5) is 24.7. The van der Waals surface area contributed by atoms with Crippen molar-refractivity contribution in [2.45, 2.75) is 48.4 Å². The van der Waals surface area contributed by atoms with Gasteiger partial charge in [0.05, 0.1) is 18.0 Å². The molecule has 1 N–H and O–H groups in total. The summed E-state index contributed by atoms with van der Waals surface area (Å²) in [6.07, 6.45) is 0.806. The molecular formula is C26H24BrN3O2S3. The smallest absolute Gasteiger partial charge is 0.234 e. The van der Waals surface area contributed by atoms with Crippen molar-refractivity contribution in [1.82, 2.24) is 9.97 Å². The number of hydrogen-bond donors (Lipinski definition) is 1. The number of aromatic nitrogens is 2. The first-order valence-electron chi connectivity index (χ1n) is 11.2. The molecule has 1 amide bonds. The maximum atomic E-state index is 12.7. The van der Waals surface area contributed by atoms with Gasteiger partial charge in [0.25, 0.3) is 0 Å². The van der Waals surface area contributed by atoms with E-state index >= 15 is 0 Å². The fourth-order valence-electron chi connectivity index (χ4n) is 3.85. The Labute approximate surface area is 225 Å². The molecule has 0 atom stereocenters. The van der Waals surface area contributed by atoms with E-state index in [0.717, 1.165) is 42.7 Å². The van der Waals surface area contributed by atoms with Crippen molar-refractivity contribution < 1.29 is 9.53 Å². The maximum absolute atomic E-state index is 12.7. The SMILES string of the molecule is CC1(C)Cc2c(sc3nc(SCc4ccccc4)nc(SCC(=O)Nc4ccc(Br)cc4)c23)CO1. The van der Waals surface area contributed by atoms with Crippen LogP contribution in [0.3, 0.4) is 0 Å². The Hall–Kier alpha value is -1.91. The van der Waals surface area contributed by atoms with Gasteiger partial charge < -0.3 is 10.1 Å². The number of fused-ring (bicyclic) bond motifs is 3. The Morgan fingerprint density at radius 1 is 1.11 bits per heavy atom. The lowest BCUT2D eigenvalue weighted by molar-refractivity contribution is -0.113. The van der Waals surface area contributed by atoms with Crippen LogP contribution in [0.1, 0.15) is 29.9 Å². The van der Waals surface area contributed by atoms with Crippen LogP contribution in [-0.2, 0) is 28.3 Å². The minimum Gasteiger partial charge on any atom is -0.370 e. The lowest BCUT2D eigenvalue weighted by atomic mass is 9.95. The molecular weight excluding hydrogens is 562 g/mol. The molecule has 0 bridgehead atoms. The third-order valence-corrected chi connectivity index (χ3v) is 9.08. The number of benzene rings is 2. The lowest BCUT2D eigenvalue weighted by Gasteiger charge is -2.30. The molecule has 35 heavy (non-hydrogen) atoms. The molecule has 4 aromatic rings. The summed E-state index contributed by atoms with van der Waals surface area (Å²) >= 11 is 8.20. The highest BCUT2D eigenvalue weighted by atomic mass is 79.9. The Morgan fingerprint density at radius 2 is 1.89 bits per heavy atom. The summed E-state index contributed by atoms with van der Waals surface area (Å²) in [6.45, 7) is 4.82. The van der Waals surface area contributed by atoms with Gasteiger partial charge in [-0.25, -0.2) is 9.97 Å². The number of amides is 1. The Kier molecular flexibility index (Phi) is 7.50. The lowest BCUT2D eigenvalue weighted by Crippen LogP contribution is -2.31. The number of carbonyl (C=O) groups excluding carboxylic acids is 1. The molecule has 5 rings (SSSR count). The predicted octanol–water partition coefficient (Wildman–Crippen LogP) is 7.33. The summed E-state index contributed by atoms with van der Waals surface area (Å²) in [5.74, 6) is 1.01. The highest BCUT2D eigenvalue weighted by Gasteiger charge is 2.31. The van der Waals surface area contributed by atoms with E-state index < -0.39 is 0 Å². The number of rotatable bonds is 7. The Bertz CT molecular complexity index is 1360. The molecule has 1 aliphatic rings. The molecule has 2 aromatic heterocycles. The van der Waals surface area contributed by atoms with Gasteiger partial charge in [-0.15, -0.1) is 11.3 Å². The fraction of sp³-hybridized carbons (Fsp3) is 0.269. The van der Waals surface area contributed by atoms with Crippen LogP contribution < -0.4 is 5.32 Å². The highest BCUT2D eigenvalue weighted by Crippen LogP contribution is 2.42. The van der Waals surface area contributed by atoms with E-state index in [-0.39, 0.29) is 17.3 Å². The van der Waals surface area contributed by atoms with Gasteiger partial charge in [0.2, 0.25) is 5.91 Å². The zero-order valence-corrected chi connectivity index (χ0v) is 23.4. The van der Waals surface area contributed by atoms with Gasteiger partial charge >= 0.3 is 0 Å². The fourth-order valence-corrected chi connectivity index (χ4v) is 7.05. The number of nitrogens with zero attached hydrogens (tertiary/aromatic N) is 2. The van der Waals surface area contributed by atoms with Crippen molar-refractivity contribution in [2.75, 3.05) is 11.1 Å². The second kappa shape index (κ2) is 10.6. The zero-order valence-electron chi connectivity index (χ0n) is 19.3. The summed E-state index contributed by atoms with van der Waals surface area (Å²) in [5, 5.41) is 5.65. The number of anilines is 1. The average molecular weight is 587 g/mol. The first-order valence-corrected chi connectivity index (χ1v) is 14.8. The molecule has 0 saturated carbocycles. The number of hydrogen-bond acceptors (Lipinski definition) is 7. The van der Waals surface area contributed by atoms with Gasteiger partial charge in [-0.1, -0.05) is 69.8 Å². The topological polar surface area (TPSA) is 64.1 Å². The van der Waals surface area contributed by atoms with E-state index in [1.54, 1.807) is 23.1 Å². The normalized spacial score (nSPS) is 14.6. The third kappa shape index (κ3) is 6.09. The molecule has 0 fully saturated rings. The second-order valence-corrected chi connectivity index (χ2v) is 12.7. The van der Waals surface area contributed by atoms with Crippen molar-refractivity contribution in [3.8, 4) is 0 Å². The Morgan fingerprint density at radius 3 is 2.66 bits per heavy atom. The molecule has 180 valence electrons. The van der Waals surface area contributed by atoms with Gasteiger partial charge in [-0.2, -0.15) is 0 Å². The molecule has 3 heterocycles. The number of ether oxygens (including phenoxy) is 1. The van der Waals surface area contributed by atoms with E-state index in [1.807, 2.05) is 42.5 Å². The van der Waals surface area contributed by atoms with Crippen molar-refractivity contribution in [2.24, 2.45) is 0 Å². The minimum atomic E-state index is -0.234. The monoisotopic (exact) mass is 585 g/mol. The van der Waals surface area contributed by atoms with Crippen LogP contribution >= 0.6 is 50.8 Å². The molecule has 9 heteroatoms. The third-order valence-electron chi connectivity index (χ3n) is 5.56. The molecule has 1 aliphatic heterocycles. The number of thiophene rings is 1. The first kappa shape index (κ1) is 24.8. The van der Waals surface area contributed by atoms with Crippen LogP contribution in [0, 0.1) is 0 Å². The summed E-state index contributed by atoms with van der Waals surface area (Å²) < 4.78 is 7.03. The van der Waals surface area contributed by atoms with E-state index in [9.17, 15) is 4.79 Å². The quantitative estimate of drug-likeness (QED) is 0.139. The van der Waals surface area contributed by atoms with Gasteiger partial charge in [0.15, 0.2) is 5.16 Å². The van der Waals surface area contributed by atoms with Gasteiger partial charge in [-0.3, -0.25) is 4.79 Å². The molecule has 0 aliphatic carbocycles. The van der Waals surface area contributed by atoms with Crippen LogP contribution in [0.2, 0.25) is 0 Å². The molecule has 0 saturated heterocycles. The van der Waals surface area contributed by atoms with E-state index in [4.69, 9.17) is 14.7 Å². The highest BCUT2D eigenvalue weighted by molar-refractivity contribution is 9.10. The maximum Gasteiger partial charge on any atom is 0.234 e. The van der Waals surface area contributed by atoms with Crippen molar-refractivity contribution in [1.29, 1.82) is 0 Å².